The number of hydrogen-bond acceptors (Lipinski definition) is 0. The van der Waals surface area contributed by atoms with Crippen molar-refractivity contribution in [2.24, 2.45) is 17.3 Å². The number of hydrogen-bond donors (Lipinski definition) is 0. The zero-order chi connectivity index (χ0) is 12.8. The lowest BCUT2D eigenvalue weighted by Crippen LogP contribution is -2.32. The first-order valence-corrected chi connectivity index (χ1v) is 8.33. The minimum absolute atomic E-state index is 0.307. The summed E-state index contributed by atoms with van der Waals surface area (Å²) >= 11 is 16.2. The lowest BCUT2D eigenvalue weighted by molar-refractivity contribution is 0.193. The lowest BCUT2D eigenvalue weighted by atomic mass is 9.71. The van der Waals surface area contributed by atoms with Crippen molar-refractivity contribution >= 4 is 39.1 Å². The van der Waals surface area contributed by atoms with E-state index in [4.69, 9.17) is 23.2 Å². The third-order valence-corrected chi connectivity index (χ3v) is 6.30. The van der Waals surface area contributed by atoms with Gasteiger partial charge < -0.3 is 0 Å². The van der Waals surface area contributed by atoms with Gasteiger partial charge in [-0.2, -0.15) is 0 Å². The van der Waals surface area contributed by atoms with Crippen LogP contribution in [0.15, 0.2) is 22.7 Å². The molecule has 0 spiro atoms. The Morgan fingerprint density at radius 2 is 2.17 bits per heavy atom. The molecular formula is C15H17BrCl2. The lowest BCUT2D eigenvalue weighted by Gasteiger charge is -2.36. The summed E-state index contributed by atoms with van der Waals surface area (Å²) in [6.07, 6.45) is 6.51. The van der Waals surface area contributed by atoms with E-state index in [-0.39, 0.29) is 0 Å². The molecule has 3 unspecified atom stereocenters. The molecule has 98 valence electrons. The highest BCUT2D eigenvalue weighted by Gasteiger charge is 2.50. The second kappa shape index (κ2) is 5.00. The Balaban J connectivity index is 1.86. The molecule has 2 fully saturated rings. The topological polar surface area (TPSA) is 0 Å². The summed E-state index contributed by atoms with van der Waals surface area (Å²) < 4.78 is 1.05. The number of benzene rings is 1. The number of fused-ring (bicyclic) bond motifs is 2. The van der Waals surface area contributed by atoms with Gasteiger partial charge in [-0.1, -0.05) is 40.0 Å². The Labute approximate surface area is 127 Å². The van der Waals surface area contributed by atoms with Crippen molar-refractivity contribution in [3.8, 4) is 0 Å². The molecule has 3 heteroatoms. The summed E-state index contributed by atoms with van der Waals surface area (Å²) in [6, 6.07) is 6.22. The van der Waals surface area contributed by atoms with Gasteiger partial charge in [0.05, 0.1) is 0 Å². The SMILES string of the molecule is ClCC1(Cc2ccc(Br)cc2Cl)CC2CCC1C2. The maximum Gasteiger partial charge on any atom is 0.0449 e. The molecular weight excluding hydrogens is 331 g/mol. The van der Waals surface area contributed by atoms with Gasteiger partial charge in [0.15, 0.2) is 0 Å². The Hall–Kier alpha value is 0.280. The van der Waals surface area contributed by atoms with Crippen LogP contribution in [0.3, 0.4) is 0 Å². The summed E-state index contributed by atoms with van der Waals surface area (Å²) in [4.78, 5) is 0. The van der Waals surface area contributed by atoms with Crippen molar-refractivity contribution in [3.05, 3.63) is 33.3 Å². The van der Waals surface area contributed by atoms with E-state index in [1.807, 2.05) is 6.07 Å². The average molecular weight is 348 g/mol. The van der Waals surface area contributed by atoms with E-state index in [0.29, 0.717) is 5.41 Å². The second-order valence-electron chi connectivity index (χ2n) is 5.99. The largest absolute Gasteiger partial charge is 0.126 e. The molecule has 0 aromatic heterocycles. The van der Waals surface area contributed by atoms with E-state index in [1.165, 1.54) is 31.2 Å². The minimum atomic E-state index is 0.307. The molecule has 0 heterocycles. The average Bonchev–Trinajstić information content (AvgIpc) is 2.93. The molecule has 1 aromatic rings. The molecule has 2 aliphatic carbocycles. The van der Waals surface area contributed by atoms with E-state index in [2.05, 4.69) is 28.1 Å². The van der Waals surface area contributed by atoms with E-state index >= 15 is 0 Å². The van der Waals surface area contributed by atoms with Gasteiger partial charge in [0.1, 0.15) is 0 Å². The van der Waals surface area contributed by atoms with E-state index in [9.17, 15) is 0 Å². The van der Waals surface area contributed by atoms with Gasteiger partial charge in [-0.05, 0) is 60.6 Å². The fourth-order valence-corrected chi connectivity index (χ4v) is 5.19. The van der Waals surface area contributed by atoms with Crippen LogP contribution >= 0.6 is 39.1 Å². The first kappa shape index (κ1) is 13.3. The second-order valence-corrected chi connectivity index (χ2v) is 7.58. The highest BCUT2D eigenvalue weighted by molar-refractivity contribution is 9.10. The zero-order valence-electron chi connectivity index (χ0n) is 10.3. The first-order chi connectivity index (χ1) is 8.63. The monoisotopic (exact) mass is 346 g/mol. The van der Waals surface area contributed by atoms with Gasteiger partial charge in [0, 0.05) is 15.4 Å². The van der Waals surface area contributed by atoms with Crippen LogP contribution in [-0.4, -0.2) is 5.88 Å². The van der Waals surface area contributed by atoms with Gasteiger partial charge in [-0.3, -0.25) is 0 Å². The Morgan fingerprint density at radius 1 is 1.33 bits per heavy atom. The van der Waals surface area contributed by atoms with Crippen LogP contribution in [0.25, 0.3) is 0 Å². The van der Waals surface area contributed by atoms with Gasteiger partial charge in [0.2, 0.25) is 0 Å². The molecule has 0 saturated heterocycles. The smallest absolute Gasteiger partial charge is 0.0449 e. The Morgan fingerprint density at radius 3 is 2.72 bits per heavy atom. The maximum absolute atomic E-state index is 6.36. The van der Waals surface area contributed by atoms with E-state index in [0.717, 1.165) is 33.6 Å². The molecule has 0 N–H and O–H groups in total. The molecule has 3 atom stereocenters. The van der Waals surface area contributed by atoms with Crippen molar-refractivity contribution in [2.45, 2.75) is 32.1 Å². The van der Waals surface area contributed by atoms with Crippen molar-refractivity contribution in [1.29, 1.82) is 0 Å². The van der Waals surface area contributed by atoms with Gasteiger partial charge in [-0.15, -0.1) is 11.6 Å². The summed E-state index contributed by atoms with van der Waals surface area (Å²) in [5.41, 5.74) is 1.56. The quantitative estimate of drug-likeness (QED) is 0.616. The molecule has 2 bridgehead atoms. The van der Waals surface area contributed by atoms with Crippen LogP contribution in [0, 0.1) is 17.3 Å². The molecule has 0 nitrogen and oxygen atoms in total. The fourth-order valence-electron chi connectivity index (χ4n) is 4.03. The van der Waals surface area contributed by atoms with E-state index in [1.54, 1.807) is 0 Å². The van der Waals surface area contributed by atoms with Gasteiger partial charge in [-0.25, -0.2) is 0 Å². The standard InChI is InChI=1S/C15H17BrCl2/c16-13-4-2-11(14(18)6-13)8-15(9-17)7-10-1-3-12(15)5-10/h2,4,6,10,12H,1,3,5,7-9H2. The molecule has 0 aliphatic heterocycles. The van der Waals surface area contributed by atoms with Crippen molar-refractivity contribution in [1.82, 2.24) is 0 Å². The van der Waals surface area contributed by atoms with Crippen molar-refractivity contribution in [3.63, 3.8) is 0 Å². The summed E-state index contributed by atoms with van der Waals surface area (Å²) in [5, 5.41) is 0.872. The van der Waals surface area contributed by atoms with Crippen LogP contribution in [0.5, 0.6) is 0 Å². The molecule has 0 amide bonds. The molecule has 1 aromatic carbocycles. The minimum Gasteiger partial charge on any atom is -0.126 e. The number of halogens is 3. The molecule has 18 heavy (non-hydrogen) atoms. The van der Waals surface area contributed by atoms with Crippen LogP contribution in [0.2, 0.25) is 5.02 Å². The number of rotatable bonds is 3. The Kier molecular flexibility index (Phi) is 3.68. The molecule has 0 radical (unpaired) electrons. The Bertz CT molecular complexity index is 460. The third kappa shape index (κ3) is 2.23. The zero-order valence-corrected chi connectivity index (χ0v) is 13.4. The van der Waals surface area contributed by atoms with Gasteiger partial charge >= 0.3 is 0 Å². The summed E-state index contributed by atoms with van der Waals surface area (Å²) in [5.74, 6) is 2.52. The molecule has 2 aliphatic rings. The van der Waals surface area contributed by atoms with Gasteiger partial charge in [0.25, 0.3) is 0 Å². The third-order valence-electron chi connectivity index (χ3n) is 4.93. The van der Waals surface area contributed by atoms with Crippen LogP contribution in [0.4, 0.5) is 0 Å². The van der Waals surface area contributed by atoms with Crippen molar-refractivity contribution < 1.29 is 0 Å². The molecule has 3 rings (SSSR count). The maximum atomic E-state index is 6.36. The predicted octanol–water partition coefficient (Wildman–Crippen LogP) is 5.69. The fraction of sp³-hybridized carbons (Fsp3) is 0.600. The van der Waals surface area contributed by atoms with E-state index < -0.39 is 0 Å². The van der Waals surface area contributed by atoms with Crippen LogP contribution in [0.1, 0.15) is 31.2 Å². The summed E-state index contributed by atoms with van der Waals surface area (Å²) in [6.45, 7) is 0. The predicted molar refractivity (Wildman–Crippen MR) is 81.5 cm³/mol. The highest BCUT2D eigenvalue weighted by atomic mass is 79.9. The molecule has 2 saturated carbocycles. The first-order valence-electron chi connectivity index (χ1n) is 6.63. The normalized spacial score (nSPS) is 34.2. The van der Waals surface area contributed by atoms with Crippen molar-refractivity contribution in [2.75, 3.05) is 5.88 Å². The highest BCUT2D eigenvalue weighted by Crippen LogP contribution is 2.58. The van der Waals surface area contributed by atoms with Crippen LogP contribution < -0.4 is 0 Å². The van der Waals surface area contributed by atoms with Crippen LogP contribution in [-0.2, 0) is 6.42 Å². The summed E-state index contributed by atoms with van der Waals surface area (Å²) in [7, 11) is 0. The number of alkyl halides is 1.